The summed E-state index contributed by atoms with van der Waals surface area (Å²) in [6, 6.07) is 12.7. The number of methoxy groups -OCH3 is 1. The van der Waals surface area contributed by atoms with Crippen LogP contribution in [0.1, 0.15) is 54.2 Å². The van der Waals surface area contributed by atoms with Crippen molar-refractivity contribution in [3.8, 4) is 0 Å². The molecule has 1 unspecified atom stereocenters. The van der Waals surface area contributed by atoms with Crippen molar-refractivity contribution in [1.82, 2.24) is 0 Å². The van der Waals surface area contributed by atoms with E-state index in [2.05, 4.69) is 20.8 Å². The van der Waals surface area contributed by atoms with E-state index in [0.29, 0.717) is 10.9 Å². The minimum Gasteiger partial charge on any atom is -0.469 e. The summed E-state index contributed by atoms with van der Waals surface area (Å²) in [5.41, 5.74) is 2.80. The van der Waals surface area contributed by atoms with E-state index in [9.17, 15) is 14.2 Å². The first-order valence-corrected chi connectivity index (χ1v) is 11.3. The molecule has 0 aliphatic carbocycles. The largest absolute Gasteiger partial charge is 0.469 e. The molecule has 0 aliphatic rings. The van der Waals surface area contributed by atoms with Gasteiger partial charge in [-0.2, -0.15) is 0 Å². The monoisotopic (exact) mass is 400 g/mol. The normalized spacial score (nSPS) is 13.6. The maximum atomic E-state index is 14.0. The number of ether oxygens (including phenoxy) is 1. The van der Waals surface area contributed by atoms with Gasteiger partial charge in [-0.05, 0) is 36.0 Å². The van der Waals surface area contributed by atoms with Gasteiger partial charge < -0.3 is 9.30 Å². The molecule has 0 heterocycles. The predicted molar refractivity (Wildman–Crippen MR) is 114 cm³/mol. The summed E-state index contributed by atoms with van der Waals surface area (Å²) in [5.74, 6) is -0.472. The Morgan fingerprint density at radius 3 is 2.00 bits per heavy atom. The highest BCUT2D eigenvalue weighted by molar-refractivity contribution is 7.87. The van der Waals surface area contributed by atoms with E-state index < -0.39 is 18.6 Å². The summed E-state index contributed by atoms with van der Waals surface area (Å²) < 4.78 is 18.7. The smallest absolute Gasteiger partial charge is 0.305 e. The lowest BCUT2D eigenvalue weighted by atomic mass is 9.84. The van der Waals surface area contributed by atoms with Crippen molar-refractivity contribution in [3.63, 3.8) is 0 Å². The standard InChI is InChI=1S/C23H29O4P/c1-16-14-18(23(3,4)5)15-17(2)21(16)22(25)28(26,13-12-20(24)27-6)19-10-8-7-9-11-19/h7-11,14-15H,12-13H2,1-6H3. The predicted octanol–water partition coefficient (Wildman–Crippen LogP) is 4.99. The first-order chi connectivity index (χ1) is 13.0. The number of carbonyl (C=O) groups is 2. The summed E-state index contributed by atoms with van der Waals surface area (Å²) in [7, 11) is -2.21. The topological polar surface area (TPSA) is 60.4 Å². The molecular weight excluding hydrogens is 371 g/mol. The highest BCUT2D eigenvalue weighted by Crippen LogP contribution is 2.49. The number of carbonyl (C=O) groups excluding carboxylic acids is 2. The van der Waals surface area contributed by atoms with Crippen LogP contribution in [0.5, 0.6) is 0 Å². The maximum absolute atomic E-state index is 14.0. The van der Waals surface area contributed by atoms with Crippen molar-refractivity contribution in [3.05, 3.63) is 64.7 Å². The molecule has 2 rings (SSSR count). The highest BCUT2D eigenvalue weighted by Gasteiger charge is 2.36. The van der Waals surface area contributed by atoms with Crippen LogP contribution in [-0.2, 0) is 19.5 Å². The summed E-state index contributed by atoms with van der Waals surface area (Å²) in [4.78, 5) is 25.2. The maximum Gasteiger partial charge on any atom is 0.305 e. The van der Waals surface area contributed by atoms with Gasteiger partial charge >= 0.3 is 5.97 Å². The van der Waals surface area contributed by atoms with Crippen LogP contribution in [0.3, 0.4) is 0 Å². The fourth-order valence-electron chi connectivity index (χ4n) is 3.28. The zero-order valence-corrected chi connectivity index (χ0v) is 18.4. The Bertz CT molecular complexity index is 900. The van der Waals surface area contributed by atoms with Gasteiger partial charge in [0.15, 0.2) is 7.14 Å². The SMILES string of the molecule is COC(=O)CCP(=O)(C(=O)c1c(C)cc(C(C)(C)C)cc1C)c1ccccc1. The lowest BCUT2D eigenvalue weighted by Gasteiger charge is -2.24. The lowest BCUT2D eigenvalue weighted by Crippen LogP contribution is -2.20. The van der Waals surface area contributed by atoms with Crippen LogP contribution in [0.4, 0.5) is 0 Å². The Labute approximate surface area is 167 Å². The fourth-order valence-corrected chi connectivity index (χ4v) is 5.84. The molecule has 2 aromatic carbocycles. The molecule has 0 spiro atoms. The van der Waals surface area contributed by atoms with Crippen LogP contribution in [0.15, 0.2) is 42.5 Å². The molecule has 0 amide bonds. The van der Waals surface area contributed by atoms with E-state index in [1.165, 1.54) is 7.11 Å². The Balaban J connectivity index is 2.57. The number of esters is 1. The average Bonchev–Trinajstić information content (AvgIpc) is 2.65. The van der Waals surface area contributed by atoms with Crippen molar-refractivity contribution >= 4 is 23.9 Å². The first-order valence-electron chi connectivity index (χ1n) is 9.39. The molecule has 0 aliphatic heterocycles. The van der Waals surface area contributed by atoms with E-state index in [0.717, 1.165) is 16.7 Å². The molecule has 150 valence electrons. The van der Waals surface area contributed by atoms with E-state index >= 15 is 0 Å². The lowest BCUT2D eigenvalue weighted by molar-refractivity contribution is -0.140. The van der Waals surface area contributed by atoms with E-state index in [-0.39, 0.29) is 18.0 Å². The number of aryl methyl sites for hydroxylation is 2. The second-order valence-electron chi connectivity index (χ2n) is 8.17. The van der Waals surface area contributed by atoms with E-state index in [1.54, 1.807) is 24.3 Å². The second-order valence-corrected chi connectivity index (χ2v) is 11.0. The molecule has 0 saturated heterocycles. The summed E-state index contributed by atoms with van der Waals surface area (Å²) in [6.45, 7) is 10.1. The van der Waals surface area contributed by atoms with Crippen LogP contribution in [0, 0.1) is 13.8 Å². The third-order valence-corrected chi connectivity index (χ3v) is 7.84. The Kier molecular flexibility index (Phi) is 6.67. The summed E-state index contributed by atoms with van der Waals surface area (Å²) >= 11 is 0. The molecule has 0 aromatic heterocycles. The van der Waals surface area contributed by atoms with Crippen molar-refractivity contribution in [1.29, 1.82) is 0 Å². The van der Waals surface area contributed by atoms with Gasteiger partial charge in [0.05, 0.1) is 13.5 Å². The van der Waals surface area contributed by atoms with Crippen LogP contribution in [-0.4, -0.2) is 24.8 Å². The van der Waals surface area contributed by atoms with Gasteiger partial charge in [-0.1, -0.05) is 63.2 Å². The molecule has 5 heteroatoms. The van der Waals surface area contributed by atoms with E-state index in [4.69, 9.17) is 4.74 Å². The number of hydrogen-bond donors (Lipinski definition) is 0. The molecule has 0 N–H and O–H groups in total. The van der Waals surface area contributed by atoms with Gasteiger partial charge in [-0.15, -0.1) is 0 Å². The molecule has 0 radical (unpaired) electrons. The van der Waals surface area contributed by atoms with Crippen molar-refractivity contribution in [2.75, 3.05) is 13.3 Å². The zero-order valence-electron chi connectivity index (χ0n) is 17.5. The third kappa shape index (κ3) is 4.62. The van der Waals surface area contributed by atoms with Crippen LogP contribution in [0.25, 0.3) is 0 Å². The van der Waals surface area contributed by atoms with Crippen molar-refractivity contribution in [2.45, 2.75) is 46.5 Å². The van der Waals surface area contributed by atoms with Gasteiger partial charge in [0, 0.05) is 17.0 Å². The Morgan fingerprint density at radius 2 is 1.54 bits per heavy atom. The molecule has 28 heavy (non-hydrogen) atoms. The minimum absolute atomic E-state index is 0.0393. The van der Waals surface area contributed by atoms with Crippen LogP contribution < -0.4 is 5.30 Å². The average molecular weight is 400 g/mol. The minimum atomic E-state index is -3.50. The van der Waals surface area contributed by atoms with Crippen molar-refractivity contribution in [2.24, 2.45) is 0 Å². The van der Waals surface area contributed by atoms with Crippen LogP contribution in [0.2, 0.25) is 0 Å². The van der Waals surface area contributed by atoms with Gasteiger partial charge in [0.1, 0.15) is 0 Å². The molecule has 0 fully saturated rings. The van der Waals surface area contributed by atoms with Gasteiger partial charge in [-0.3, -0.25) is 9.59 Å². The second kappa shape index (κ2) is 8.45. The van der Waals surface area contributed by atoms with Gasteiger partial charge in [0.2, 0.25) is 5.52 Å². The summed E-state index contributed by atoms with van der Waals surface area (Å²) in [5, 5.41) is 0.475. The Hall–Kier alpha value is -2.19. The molecule has 1 atom stereocenters. The zero-order chi connectivity index (χ0) is 21.1. The molecule has 0 bridgehead atoms. The first kappa shape index (κ1) is 22.1. The van der Waals surface area contributed by atoms with Crippen molar-refractivity contribution < 1.29 is 18.9 Å². The molecule has 4 nitrogen and oxygen atoms in total. The fraction of sp³-hybridized carbons (Fsp3) is 0.391. The van der Waals surface area contributed by atoms with Crippen LogP contribution >= 0.6 is 7.14 Å². The highest BCUT2D eigenvalue weighted by atomic mass is 31.2. The molecule has 0 saturated carbocycles. The number of rotatable bonds is 6. The third-order valence-electron chi connectivity index (χ3n) is 4.97. The quantitative estimate of drug-likeness (QED) is 0.506. The Morgan fingerprint density at radius 1 is 1.00 bits per heavy atom. The molecule has 2 aromatic rings. The number of benzene rings is 2. The van der Waals surface area contributed by atoms with Gasteiger partial charge in [-0.25, -0.2) is 0 Å². The van der Waals surface area contributed by atoms with Gasteiger partial charge in [0.25, 0.3) is 0 Å². The number of hydrogen-bond acceptors (Lipinski definition) is 4. The molecular formula is C23H29O4P. The van der Waals surface area contributed by atoms with E-state index in [1.807, 2.05) is 32.0 Å². The summed E-state index contributed by atoms with van der Waals surface area (Å²) in [6.07, 6.45) is -0.102.